The van der Waals surface area contributed by atoms with Crippen molar-refractivity contribution in [1.82, 2.24) is 4.90 Å². The number of carbonyl (C=O) groups excluding carboxylic acids is 1. The number of nitrogens with zero attached hydrogens (tertiary/aromatic N) is 2. The smallest absolute Gasteiger partial charge is 0.219 e. The van der Waals surface area contributed by atoms with Crippen molar-refractivity contribution in [2.75, 3.05) is 31.1 Å². The summed E-state index contributed by atoms with van der Waals surface area (Å²) in [6, 6.07) is 7.18. The van der Waals surface area contributed by atoms with Gasteiger partial charge in [-0.15, -0.1) is 0 Å². The van der Waals surface area contributed by atoms with Gasteiger partial charge in [0, 0.05) is 38.8 Å². The van der Waals surface area contributed by atoms with Crippen LogP contribution >= 0.6 is 0 Å². The van der Waals surface area contributed by atoms with E-state index in [2.05, 4.69) is 18.7 Å². The number of anilines is 1. The Morgan fingerprint density at radius 2 is 1.58 bits per heavy atom. The Hall–Kier alpha value is -1.71. The van der Waals surface area contributed by atoms with Crippen molar-refractivity contribution < 1.29 is 9.90 Å². The van der Waals surface area contributed by atoms with Gasteiger partial charge in [0.1, 0.15) is 5.75 Å². The number of carbonyl (C=O) groups is 1. The molecule has 0 spiro atoms. The second kappa shape index (κ2) is 7.67. The Morgan fingerprint density at radius 3 is 2.00 bits per heavy atom. The minimum atomic E-state index is 0.144. The number of phenols is 1. The van der Waals surface area contributed by atoms with E-state index in [1.807, 2.05) is 17.0 Å². The number of benzene rings is 1. The summed E-state index contributed by atoms with van der Waals surface area (Å²) in [6.45, 7) is 9.11. The molecule has 0 aromatic heterocycles. The summed E-state index contributed by atoms with van der Waals surface area (Å²) in [4.78, 5) is 15.2. The van der Waals surface area contributed by atoms with Gasteiger partial charge in [0.15, 0.2) is 0 Å². The highest BCUT2D eigenvalue weighted by molar-refractivity contribution is 5.73. The Bertz CT molecular complexity index is 382. The number of rotatable bonds is 1. The van der Waals surface area contributed by atoms with Crippen LogP contribution in [0.1, 0.15) is 27.2 Å². The standard InChI is InChI=1S/C12H16N2O2.C3H8/c1-10(15)13-6-8-14(9-7-13)11-2-4-12(16)5-3-11;1-3-2/h2-5,16H,6-9H2,1H3;3H2,1-2H3. The number of aromatic hydroxyl groups is 1. The first-order valence-corrected chi connectivity index (χ1v) is 6.88. The van der Waals surface area contributed by atoms with Crippen LogP contribution in [0.5, 0.6) is 5.75 Å². The fourth-order valence-electron chi connectivity index (χ4n) is 1.94. The maximum atomic E-state index is 11.2. The molecule has 1 saturated heterocycles. The van der Waals surface area contributed by atoms with E-state index in [0.29, 0.717) is 0 Å². The van der Waals surface area contributed by atoms with Gasteiger partial charge in [-0.2, -0.15) is 0 Å². The van der Waals surface area contributed by atoms with Crippen molar-refractivity contribution >= 4 is 11.6 Å². The summed E-state index contributed by atoms with van der Waals surface area (Å²) in [6.07, 6.45) is 1.25. The van der Waals surface area contributed by atoms with Gasteiger partial charge in [0.05, 0.1) is 0 Å². The molecule has 0 saturated carbocycles. The third-order valence-corrected chi connectivity index (χ3v) is 2.94. The van der Waals surface area contributed by atoms with E-state index in [9.17, 15) is 9.90 Å². The first-order valence-electron chi connectivity index (χ1n) is 6.88. The van der Waals surface area contributed by atoms with E-state index in [1.54, 1.807) is 19.1 Å². The van der Waals surface area contributed by atoms with E-state index in [0.717, 1.165) is 31.9 Å². The summed E-state index contributed by atoms with van der Waals surface area (Å²) in [5, 5.41) is 9.20. The van der Waals surface area contributed by atoms with Crippen LogP contribution in [0.15, 0.2) is 24.3 Å². The highest BCUT2D eigenvalue weighted by atomic mass is 16.3. The van der Waals surface area contributed by atoms with Crippen molar-refractivity contribution in [3.05, 3.63) is 24.3 Å². The molecule has 1 fully saturated rings. The van der Waals surface area contributed by atoms with Crippen LogP contribution < -0.4 is 4.90 Å². The quantitative estimate of drug-likeness (QED) is 0.847. The fraction of sp³-hybridized carbons (Fsp3) is 0.533. The number of amides is 1. The summed E-state index contributed by atoms with van der Waals surface area (Å²) in [5.74, 6) is 0.427. The van der Waals surface area contributed by atoms with Crippen molar-refractivity contribution in [2.24, 2.45) is 0 Å². The highest BCUT2D eigenvalue weighted by Gasteiger charge is 2.18. The molecule has 1 amide bonds. The van der Waals surface area contributed by atoms with Crippen LogP contribution in [0.4, 0.5) is 5.69 Å². The predicted octanol–water partition coefficient (Wildman–Crippen LogP) is 2.48. The molecule has 1 aromatic rings. The molecule has 1 aliphatic rings. The highest BCUT2D eigenvalue weighted by Crippen LogP contribution is 2.19. The lowest BCUT2D eigenvalue weighted by molar-refractivity contribution is -0.129. The first-order chi connectivity index (χ1) is 9.08. The average Bonchev–Trinajstić information content (AvgIpc) is 2.41. The molecule has 0 atom stereocenters. The van der Waals surface area contributed by atoms with Gasteiger partial charge in [0.25, 0.3) is 0 Å². The first kappa shape index (κ1) is 15.3. The zero-order valence-electron chi connectivity index (χ0n) is 12.1. The van der Waals surface area contributed by atoms with E-state index < -0.39 is 0 Å². The molecular formula is C15H24N2O2. The van der Waals surface area contributed by atoms with Crippen LogP contribution in [0.25, 0.3) is 0 Å². The summed E-state index contributed by atoms with van der Waals surface area (Å²) in [5.41, 5.74) is 1.10. The molecule has 2 rings (SSSR count). The van der Waals surface area contributed by atoms with Crippen molar-refractivity contribution in [3.63, 3.8) is 0 Å². The predicted molar refractivity (Wildman–Crippen MR) is 78.5 cm³/mol. The van der Waals surface area contributed by atoms with Gasteiger partial charge in [-0.3, -0.25) is 4.79 Å². The Kier molecular flexibility index (Phi) is 6.19. The van der Waals surface area contributed by atoms with E-state index in [1.165, 1.54) is 6.42 Å². The van der Waals surface area contributed by atoms with Crippen molar-refractivity contribution in [2.45, 2.75) is 27.2 Å². The second-order valence-electron chi connectivity index (χ2n) is 4.72. The largest absolute Gasteiger partial charge is 0.508 e. The normalized spacial score (nSPS) is 14.7. The zero-order chi connectivity index (χ0) is 14.3. The van der Waals surface area contributed by atoms with Gasteiger partial charge >= 0.3 is 0 Å². The van der Waals surface area contributed by atoms with Gasteiger partial charge in [-0.25, -0.2) is 0 Å². The molecule has 1 N–H and O–H groups in total. The molecule has 4 nitrogen and oxygen atoms in total. The van der Waals surface area contributed by atoms with Crippen LogP contribution in [0.3, 0.4) is 0 Å². The SMILES string of the molecule is CC(=O)N1CCN(c2ccc(O)cc2)CC1.CCC. The van der Waals surface area contributed by atoms with Crippen LogP contribution in [-0.4, -0.2) is 42.1 Å². The maximum Gasteiger partial charge on any atom is 0.219 e. The molecule has 0 aliphatic carbocycles. The van der Waals surface area contributed by atoms with Gasteiger partial charge in [0.2, 0.25) is 5.91 Å². The lowest BCUT2D eigenvalue weighted by Crippen LogP contribution is -2.48. The van der Waals surface area contributed by atoms with Crippen molar-refractivity contribution in [1.29, 1.82) is 0 Å². The Labute approximate surface area is 115 Å². The molecule has 1 heterocycles. The fourth-order valence-corrected chi connectivity index (χ4v) is 1.94. The molecule has 0 unspecified atom stereocenters. The van der Waals surface area contributed by atoms with Gasteiger partial charge in [-0.05, 0) is 24.3 Å². The molecular weight excluding hydrogens is 240 g/mol. The molecule has 4 heteroatoms. The summed E-state index contributed by atoms with van der Waals surface area (Å²) < 4.78 is 0. The third kappa shape index (κ3) is 4.81. The molecule has 1 aliphatic heterocycles. The molecule has 0 radical (unpaired) electrons. The third-order valence-electron chi connectivity index (χ3n) is 2.94. The topological polar surface area (TPSA) is 43.8 Å². The molecule has 19 heavy (non-hydrogen) atoms. The number of hydrogen-bond donors (Lipinski definition) is 1. The van der Waals surface area contributed by atoms with E-state index in [-0.39, 0.29) is 11.7 Å². The lowest BCUT2D eigenvalue weighted by Gasteiger charge is -2.35. The molecule has 0 bridgehead atoms. The number of hydrogen-bond acceptors (Lipinski definition) is 3. The minimum absolute atomic E-state index is 0.144. The summed E-state index contributed by atoms with van der Waals surface area (Å²) in [7, 11) is 0. The van der Waals surface area contributed by atoms with Crippen LogP contribution in [0.2, 0.25) is 0 Å². The van der Waals surface area contributed by atoms with E-state index >= 15 is 0 Å². The number of piperazine rings is 1. The minimum Gasteiger partial charge on any atom is -0.508 e. The van der Waals surface area contributed by atoms with Crippen LogP contribution in [-0.2, 0) is 4.79 Å². The maximum absolute atomic E-state index is 11.2. The van der Waals surface area contributed by atoms with E-state index in [4.69, 9.17) is 0 Å². The van der Waals surface area contributed by atoms with Crippen LogP contribution in [0, 0.1) is 0 Å². The molecule has 1 aromatic carbocycles. The summed E-state index contributed by atoms with van der Waals surface area (Å²) >= 11 is 0. The Morgan fingerprint density at radius 1 is 1.11 bits per heavy atom. The monoisotopic (exact) mass is 264 g/mol. The lowest BCUT2D eigenvalue weighted by atomic mass is 10.2. The van der Waals surface area contributed by atoms with Crippen molar-refractivity contribution in [3.8, 4) is 5.75 Å². The second-order valence-corrected chi connectivity index (χ2v) is 4.72. The Balaban J connectivity index is 0.000000550. The average molecular weight is 264 g/mol. The zero-order valence-corrected chi connectivity index (χ0v) is 12.1. The van der Waals surface area contributed by atoms with Gasteiger partial charge < -0.3 is 14.9 Å². The number of phenolic OH excluding ortho intramolecular Hbond substituents is 1. The molecule has 106 valence electrons. The van der Waals surface area contributed by atoms with Gasteiger partial charge in [-0.1, -0.05) is 20.3 Å².